The summed E-state index contributed by atoms with van der Waals surface area (Å²) in [6, 6.07) is 16.4. The van der Waals surface area contributed by atoms with E-state index in [1.807, 2.05) is 58.2 Å². The van der Waals surface area contributed by atoms with Gasteiger partial charge in [0.2, 0.25) is 0 Å². The smallest absolute Gasteiger partial charge is 0.258 e. The van der Waals surface area contributed by atoms with Crippen LogP contribution in [0.25, 0.3) is 11.4 Å². The van der Waals surface area contributed by atoms with Crippen LogP contribution in [0, 0.1) is 10.1 Å². The normalized spacial score (nSPS) is 10.4. The van der Waals surface area contributed by atoms with Crippen molar-refractivity contribution in [3.05, 3.63) is 83.4 Å². The van der Waals surface area contributed by atoms with E-state index in [0.29, 0.717) is 0 Å². The van der Waals surface area contributed by atoms with E-state index in [1.54, 1.807) is 12.1 Å². The summed E-state index contributed by atoms with van der Waals surface area (Å²) in [4.78, 5) is 10.2. The molecule has 0 saturated heterocycles. The highest BCUT2D eigenvalue weighted by atomic mass is 16.6. The largest absolute Gasteiger partial charge is 0.269 e. The Balaban J connectivity index is 1.92. The molecule has 1 aromatic heterocycles. The average Bonchev–Trinajstić information content (AvgIpc) is 2.98. The summed E-state index contributed by atoms with van der Waals surface area (Å²) >= 11 is 0. The highest BCUT2D eigenvalue weighted by molar-refractivity contribution is 5.36. The predicted octanol–water partition coefficient (Wildman–Crippen LogP) is 2.66. The highest BCUT2D eigenvalue weighted by Crippen LogP contribution is 2.12. The summed E-state index contributed by atoms with van der Waals surface area (Å²) in [5.41, 5.74) is 2.04. The van der Waals surface area contributed by atoms with E-state index in [0.717, 1.165) is 11.4 Å². The van der Waals surface area contributed by atoms with Crippen LogP contribution in [-0.4, -0.2) is 9.49 Å². The second-order valence-electron chi connectivity index (χ2n) is 4.34. The molecular weight excluding hydrogens is 254 g/mol. The van der Waals surface area contributed by atoms with Gasteiger partial charge in [0.1, 0.15) is 23.8 Å². The van der Waals surface area contributed by atoms with Crippen molar-refractivity contribution in [2.24, 2.45) is 0 Å². The lowest BCUT2D eigenvalue weighted by Gasteiger charge is -1.96. The quantitative estimate of drug-likeness (QED) is 0.416. The molecule has 0 amide bonds. The molecule has 0 radical (unpaired) electrons. The molecule has 0 N–H and O–H groups in total. The molecule has 3 rings (SSSR count). The van der Waals surface area contributed by atoms with Crippen LogP contribution in [0.3, 0.4) is 0 Å². The first kappa shape index (κ1) is 12.1. The molecule has 0 aliphatic carbocycles. The summed E-state index contributed by atoms with van der Waals surface area (Å²) in [6.07, 6.45) is 5.78. The molecule has 2 aromatic carbocycles. The van der Waals surface area contributed by atoms with Crippen LogP contribution in [0.1, 0.15) is 0 Å². The summed E-state index contributed by atoms with van der Waals surface area (Å²) in [5.74, 6) is 0. The van der Waals surface area contributed by atoms with Crippen LogP contribution in [0.4, 0.5) is 5.69 Å². The third-order valence-corrected chi connectivity index (χ3v) is 3.05. The van der Waals surface area contributed by atoms with Gasteiger partial charge in [-0.05, 0) is 24.3 Å². The summed E-state index contributed by atoms with van der Waals surface area (Å²) in [6.45, 7) is 0. The topological polar surface area (TPSA) is 52.0 Å². The van der Waals surface area contributed by atoms with Crippen molar-refractivity contribution in [3.8, 4) is 11.4 Å². The first-order valence-electron chi connectivity index (χ1n) is 6.13. The Hall–Kier alpha value is -2.95. The van der Waals surface area contributed by atoms with Crippen LogP contribution in [0.2, 0.25) is 0 Å². The zero-order chi connectivity index (χ0) is 13.9. The van der Waals surface area contributed by atoms with E-state index in [2.05, 4.69) is 0 Å². The number of nitro groups is 1. The minimum atomic E-state index is -0.399. The van der Waals surface area contributed by atoms with Crippen molar-refractivity contribution < 1.29 is 9.49 Å². The summed E-state index contributed by atoms with van der Waals surface area (Å²) in [7, 11) is 0. The Morgan fingerprint density at radius 2 is 1.70 bits per heavy atom. The number of benzene rings is 2. The van der Waals surface area contributed by atoms with Gasteiger partial charge in [-0.2, -0.15) is 0 Å². The number of nitrogens with zero attached hydrogens (tertiary/aromatic N) is 3. The van der Waals surface area contributed by atoms with Crippen LogP contribution in [-0.2, 0) is 0 Å². The molecule has 3 aromatic rings. The minimum absolute atomic E-state index is 0.0943. The van der Waals surface area contributed by atoms with Crippen LogP contribution >= 0.6 is 0 Å². The van der Waals surface area contributed by atoms with Gasteiger partial charge in [0, 0.05) is 12.1 Å². The predicted molar refractivity (Wildman–Crippen MR) is 74.0 cm³/mol. The van der Waals surface area contributed by atoms with Crippen molar-refractivity contribution in [1.82, 2.24) is 4.57 Å². The zero-order valence-electron chi connectivity index (χ0n) is 10.6. The van der Waals surface area contributed by atoms with Gasteiger partial charge >= 0.3 is 0 Å². The molecule has 0 atom stereocenters. The van der Waals surface area contributed by atoms with Crippen LogP contribution in [0.5, 0.6) is 0 Å². The molecule has 1 heterocycles. The maximum atomic E-state index is 10.6. The highest BCUT2D eigenvalue weighted by Gasteiger charge is 2.10. The van der Waals surface area contributed by atoms with Crippen LogP contribution in [0.15, 0.2) is 73.3 Å². The van der Waals surface area contributed by atoms with E-state index >= 15 is 0 Å². The van der Waals surface area contributed by atoms with E-state index in [4.69, 9.17) is 0 Å². The Bertz CT molecular complexity index is 733. The maximum absolute atomic E-state index is 10.6. The minimum Gasteiger partial charge on any atom is -0.258 e. The Morgan fingerprint density at radius 3 is 2.35 bits per heavy atom. The van der Waals surface area contributed by atoms with Crippen molar-refractivity contribution in [1.29, 1.82) is 0 Å². The van der Waals surface area contributed by atoms with Gasteiger partial charge in [0.15, 0.2) is 0 Å². The lowest BCUT2D eigenvalue weighted by Crippen LogP contribution is -2.27. The van der Waals surface area contributed by atoms with E-state index in [-0.39, 0.29) is 5.69 Å². The van der Waals surface area contributed by atoms with E-state index < -0.39 is 4.92 Å². The molecule has 0 aliphatic rings. The number of hydrogen-bond donors (Lipinski definition) is 0. The molecule has 5 nitrogen and oxygen atoms in total. The molecule has 0 saturated carbocycles. The molecular formula is C15H12N3O2+. The number of imidazole rings is 1. The van der Waals surface area contributed by atoms with Gasteiger partial charge in [-0.25, -0.2) is 9.13 Å². The lowest BCUT2D eigenvalue weighted by atomic mass is 10.3. The first-order chi connectivity index (χ1) is 9.74. The average molecular weight is 266 g/mol. The maximum Gasteiger partial charge on any atom is 0.269 e. The fraction of sp³-hybridized carbons (Fsp3) is 0. The second kappa shape index (κ2) is 4.97. The molecule has 0 bridgehead atoms. The van der Waals surface area contributed by atoms with Gasteiger partial charge in [0.25, 0.3) is 12.0 Å². The molecule has 0 unspecified atom stereocenters. The second-order valence-corrected chi connectivity index (χ2v) is 4.34. The fourth-order valence-electron chi connectivity index (χ4n) is 2.01. The SMILES string of the molecule is O=[N+]([O-])c1ccc(-[n+]2ccn(-c3ccccc3)c2)cc1. The number of para-hydroxylation sites is 1. The van der Waals surface area contributed by atoms with Gasteiger partial charge < -0.3 is 0 Å². The number of hydrogen-bond acceptors (Lipinski definition) is 2. The number of nitro benzene ring substituents is 1. The Morgan fingerprint density at radius 1 is 1.00 bits per heavy atom. The number of aromatic nitrogens is 2. The van der Waals surface area contributed by atoms with Gasteiger partial charge in [-0.15, -0.1) is 0 Å². The lowest BCUT2D eigenvalue weighted by molar-refractivity contribution is -0.594. The number of non-ortho nitro benzene ring substituents is 1. The van der Waals surface area contributed by atoms with Gasteiger partial charge in [0.05, 0.1) is 4.92 Å². The molecule has 98 valence electrons. The molecule has 0 fully saturated rings. The third kappa shape index (κ3) is 2.29. The monoisotopic (exact) mass is 266 g/mol. The Kier molecular flexibility index (Phi) is 3.01. The summed E-state index contributed by atoms with van der Waals surface area (Å²) < 4.78 is 3.90. The molecule has 0 spiro atoms. The van der Waals surface area contributed by atoms with Gasteiger partial charge in [-0.3, -0.25) is 10.1 Å². The van der Waals surface area contributed by atoms with Crippen molar-refractivity contribution >= 4 is 5.69 Å². The number of rotatable bonds is 3. The zero-order valence-corrected chi connectivity index (χ0v) is 10.6. The van der Waals surface area contributed by atoms with Crippen molar-refractivity contribution in [2.75, 3.05) is 0 Å². The third-order valence-electron chi connectivity index (χ3n) is 3.05. The first-order valence-corrected chi connectivity index (χ1v) is 6.13. The molecule has 0 aliphatic heterocycles. The Labute approximate surface area is 115 Å². The van der Waals surface area contributed by atoms with E-state index in [9.17, 15) is 10.1 Å². The van der Waals surface area contributed by atoms with Gasteiger partial charge in [-0.1, -0.05) is 18.2 Å². The van der Waals surface area contributed by atoms with Crippen molar-refractivity contribution in [3.63, 3.8) is 0 Å². The van der Waals surface area contributed by atoms with Crippen LogP contribution < -0.4 is 4.57 Å². The molecule has 5 heteroatoms. The fourth-order valence-corrected chi connectivity index (χ4v) is 2.01. The van der Waals surface area contributed by atoms with Crippen molar-refractivity contribution in [2.45, 2.75) is 0 Å². The summed E-state index contributed by atoms with van der Waals surface area (Å²) in [5, 5.41) is 10.6. The standard InChI is InChI=1S/C15H12N3O2/c19-18(20)15-8-6-14(7-9-15)17-11-10-16(12-17)13-4-2-1-3-5-13/h1-12H/q+1. The van der Waals surface area contributed by atoms with E-state index in [1.165, 1.54) is 12.1 Å². The molecule has 20 heavy (non-hydrogen) atoms.